The predicted octanol–water partition coefficient (Wildman–Crippen LogP) is 4.94. The number of aromatic nitrogens is 2. The number of anilines is 1. The van der Waals surface area contributed by atoms with Gasteiger partial charge in [0.15, 0.2) is 0 Å². The number of hydrogen-bond donors (Lipinski definition) is 0. The molecule has 1 fully saturated rings. The van der Waals surface area contributed by atoms with Crippen molar-refractivity contribution in [2.75, 3.05) is 4.90 Å². The lowest BCUT2D eigenvalue weighted by Crippen LogP contribution is -2.28. The molecule has 0 N–H and O–H groups in total. The highest BCUT2D eigenvalue weighted by atomic mass is 32.2. The second kappa shape index (κ2) is 7.67. The number of imidazole rings is 1. The van der Waals surface area contributed by atoms with Gasteiger partial charge >= 0.3 is 12.1 Å². The van der Waals surface area contributed by atoms with Crippen LogP contribution in [0.15, 0.2) is 52.2 Å². The van der Waals surface area contributed by atoms with Gasteiger partial charge in [0, 0.05) is 18.0 Å². The molecular formula is C19H11F3N4O5S. The van der Waals surface area contributed by atoms with E-state index in [4.69, 9.17) is 4.42 Å². The third-order valence-electron chi connectivity index (χ3n) is 4.36. The number of furan rings is 1. The van der Waals surface area contributed by atoms with Gasteiger partial charge in [0.2, 0.25) is 0 Å². The number of alkyl halides is 3. The highest BCUT2D eigenvalue weighted by Gasteiger charge is 2.39. The fourth-order valence-corrected chi connectivity index (χ4v) is 3.76. The third-order valence-corrected chi connectivity index (χ3v) is 5.23. The summed E-state index contributed by atoms with van der Waals surface area (Å²) in [6.45, 7) is 1.66. The molecule has 13 heteroatoms. The number of aryl methyl sites for hydroxylation is 1. The summed E-state index contributed by atoms with van der Waals surface area (Å²) in [5.41, 5.74) is -0.718. The maximum atomic E-state index is 13.5. The van der Waals surface area contributed by atoms with Crippen LogP contribution in [0.2, 0.25) is 0 Å². The van der Waals surface area contributed by atoms with E-state index in [0.29, 0.717) is 28.4 Å². The molecule has 0 unspecified atom stereocenters. The van der Waals surface area contributed by atoms with Crippen LogP contribution in [-0.2, 0) is 11.0 Å². The summed E-state index contributed by atoms with van der Waals surface area (Å²) in [6, 6.07) is 5.14. The number of benzene rings is 1. The van der Waals surface area contributed by atoms with E-state index in [1.165, 1.54) is 29.2 Å². The zero-order valence-corrected chi connectivity index (χ0v) is 16.8. The molecule has 9 nitrogen and oxygen atoms in total. The van der Waals surface area contributed by atoms with Crippen molar-refractivity contribution in [1.29, 1.82) is 0 Å². The number of thioether (sulfide) groups is 1. The van der Waals surface area contributed by atoms with Gasteiger partial charge in [0.25, 0.3) is 11.1 Å². The molecule has 1 saturated heterocycles. The van der Waals surface area contributed by atoms with E-state index < -0.39 is 33.7 Å². The van der Waals surface area contributed by atoms with Gasteiger partial charge in [-0.3, -0.25) is 19.7 Å². The van der Waals surface area contributed by atoms with Crippen molar-refractivity contribution in [1.82, 2.24) is 9.55 Å². The Morgan fingerprint density at radius 1 is 1.19 bits per heavy atom. The second-order valence-corrected chi connectivity index (χ2v) is 7.60. The normalized spacial score (nSPS) is 15.8. The van der Waals surface area contributed by atoms with E-state index in [2.05, 4.69) is 4.98 Å². The highest BCUT2D eigenvalue weighted by Crippen LogP contribution is 2.40. The summed E-state index contributed by atoms with van der Waals surface area (Å²) in [5.74, 6) is -1.50. The summed E-state index contributed by atoms with van der Waals surface area (Å²) in [5, 5.41) is 9.90. The molecule has 1 aromatic carbocycles. The van der Waals surface area contributed by atoms with Crippen molar-refractivity contribution in [2.45, 2.75) is 13.1 Å². The molecule has 0 saturated carbocycles. The Balaban J connectivity index is 1.75. The average molecular weight is 464 g/mol. The van der Waals surface area contributed by atoms with Crippen molar-refractivity contribution >= 4 is 40.6 Å². The highest BCUT2D eigenvalue weighted by molar-refractivity contribution is 8.19. The monoisotopic (exact) mass is 464 g/mol. The van der Waals surface area contributed by atoms with Gasteiger partial charge in [-0.2, -0.15) is 13.2 Å². The first kappa shape index (κ1) is 21.4. The molecule has 32 heavy (non-hydrogen) atoms. The van der Waals surface area contributed by atoms with Gasteiger partial charge in [-0.25, -0.2) is 9.88 Å². The van der Waals surface area contributed by atoms with E-state index >= 15 is 0 Å². The molecule has 4 rings (SSSR count). The van der Waals surface area contributed by atoms with Crippen molar-refractivity contribution in [3.8, 4) is 5.69 Å². The van der Waals surface area contributed by atoms with Crippen molar-refractivity contribution < 1.29 is 32.1 Å². The number of nitrogens with zero attached hydrogens (tertiary/aromatic N) is 4. The first-order valence-electron chi connectivity index (χ1n) is 8.78. The van der Waals surface area contributed by atoms with Crippen LogP contribution in [0.5, 0.6) is 0 Å². The third kappa shape index (κ3) is 4.01. The first-order chi connectivity index (χ1) is 15.0. The molecule has 1 aliphatic heterocycles. The molecule has 3 aromatic rings. The molecule has 2 amide bonds. The van der Waals surface area contributed by atoms with Crippen LogP contribution in [0.3, 0.4) is 0 Å². The van der Waals surface area contributed by atoms with Crippen LogP contribution < -0.4 is 4.90 Å². The lowest BCUT2D eigenvalue weighted by molar-refractivity contribution is -0.402. The van der Waals surface area contributed by atoms with Crippen molar-refractivity contribution in [2.24, 2.45) is 0 Å². The van der Waals surface area contributed by atoms with E-state index in [9.17, 15) is 32.9 Å². The van der Waals surface area contributed by atoms with Crippen LogP contribution in [0.1, 0.15) is 17.0 Å². The molecule has 3 heterocycles. The topological polar surface area (TPSA) is 111 Å². The van der Waals surface area contributed by atoms with Gasteiger partial charge in [0.1, 0.15) is 10.7 Å². The molecule has 0 spiro atoms. The number of nitro groups is 1. The summed E-state index contributed by atoms with van der Waals surface area (Å²) in [6.07, 6.45) is -0.806. The van der Waals surface area contributed by atoms with E-state index in [-0.39, 0.29) is 22.0 Å². The minimum Gasteiger partial charge on any atom is -0.401 e. The first-order valence-corrected chi connectivity index (χ1v) is 9.60. The summed E-state index contributed by atoms with van der Waals surface area (Å²) >= 11 is 0.477. The van der Waals surface area contributed by atoms with Crippen LogP contribution in [0, 0.1) is 17.0 Å². The number of halogens is 3. The number of imide groups is 1. The molecule has 0 aliphatic carbocycles. The lowest BCUT2D eigenvalue weighted by atomic mass is 10.1. The smallest absolute Gasteiger partial charge is 0.401 e. The van der Waals surface area contributed by atoms with Crippen molar-refractivity contribution in [3.05, 3.63) is 74.9 Å². The van der Waals surface area contributed by atoms with Crippen LogP contribution in [-0.4, -0.2) is 25.6 Å². The average Bonchev–Trinajstić information content (AvgIpc) is 3.41. The van der Waals surface area contributed by atoms with E-state index in [0.717, 1.165) is 18.2 Å². The number of carbonyl (C=O) groups is 2. The van der Waals surface area contributed by atoms with Gasteiger partial charge < -0.3 is 8.98 Å². The van der Waals surface area contributed by atoms with Gasteiger partial charge in [-0.15, -0.1) is 0 Å². The van der Waals surface area contributed by atoms with E-state index in [1.54, 1.807) is 6.92 Å². The fraction of sp³-hybridized carbons (Fsp3) is 0.105. The number of amides is 2. The number of carbonyl (C=O) groups excluding carboxylic acids is 2. The Bertz CT molecular complexity index is 1290. The molecule has 0 bridgehead atoms. The SMILES string of the molecule is Cc1cn(-c2cc(N3C(=O)S/C(=C\c4ccc([N+](=O)[O-])o4)C3=O)cc(C(F)(F)F)c2)cn1. The summed E-state index contributed by atoms with van der Waals surface area (Å²) in [7, 11) is 0. The zero-order chi connectivity index (χ0) is 23.2. The van der Waals surface area contributed by atoms with Gasteiger partial charge in [0.05, 0.1) is 34.2 Å². The summed E-state index contributed by atoms with van der Waals surface area (Å²) < 4.78 is 46.7. The Kier molecular flexibility index (Phi) is 5.12. The Hall–Kier alpha value is -3.87. The minimum absolute atomic E-state index is 0.0548. The maximum Gasteiger partial charge on any atom is 0.433 e. The predicted molar refractivity (Wildman–Crippen MR) is 107 cm³/mol. The Labute approximate surface area is 181 Å². The molecule has 1 aliphatic rings. The zero-order valence-electron chi connectivity index (χ0n) is 16.0. The number of hydrogen-bond acceptors (Lipinski definition) is 7. The standard InChI is InChI=1S/C19H11F3N4O5S/c1-10-8-24(9-23-10)12-4-11(19(20,21)22)5-13(6-12)25-17(27)15(32-18(25)28)7-14-2-3-16(31-14)26(29)30/h2-9H,1H3/b15-7-. The minimum atomic E-state index is -4.73. The van der Waals surface area contributed by atoms with Crippen LogP contribution >= 0.6 is 11.8 Å². The van der Waals surface area contributed by atoms with Gasteiger partial charge in [-0.1, -0.05) is 0 Å². The Morgan fingerprint density at radius 3 is 2.50 bits per heavy atom. The fourth-order valence-electron chi connectivity index (χ4n) is 2.94. The molecule has 0 radical (unpaired) electrons. The second-order valence-electron chi connectivity index (χ2n) is 6.61. The van der Waals surface area contributed by atoms with Crippen LogP contribution in [0.25, 0.3) is 11.8 Å². The summed E-state index contributed by atoms with van der Waals surface area (Å²) in [4.78, 5) is 39.7. The molecule has 2 aromatic heterocycles. The quantitative estimate of drug-likeness (QED) is 0.305. The molecular weight excluding hydrogens is 453 g/mol. The number of rotatable bonds is 4. The van der Waals surface area contributed by atoms with Crippen LogP contribution in [0.4, 0.5) is 29.5 Å². The molecule has 164 valence electrons. The van der Waals surface area contributed by atoms with Crippen molar-refractivity contribution in [3.63, 3.8) is 0 Å². The largest absolute Gasteiger partial charge is 0.433 e. The lowest BCUT2D eigenvalue weighted by Gasteiger charge is -2.17. The molecule has 0 atom stereocenters. The van der Waals surface area contributed by atoms with E-state index in [1.807, 2.05) is 0 Å². The maximum absolute atomic E-state index is 13.5. The Morgan fingerprint density at radius 2 is 1.91 bits per heavy atom. The van der Waals surface area contributed by atoms with Gasteiger partial charge in [-0.05, 0) is 43.0 Å².